The molecule has 4 nitrogen and oxygen atoms in total. The zero-order chi connectivity index (χ0) is 12.4. The fraction of sp³-hybridized carbons (Fsp3) is 0.167. The minimum Gasteiger partial charge on any atom is -0.375 e. The van der Waals surface area contributed by atoms with E-state index in [2.05, 4.69) is 5.32 Å². The van der Waals surface area contributed by atoms with E-state index in [1.54, 1.807) is 0 Å². The van der Waals surface area contributed by atoms with Gasteiger partial charge >= 0.3 is 0 Å². The van der Waals surface area contributed by atoms with E-state index in [0.717, 1.165) is 10.5 Å². The number of imide groups is 1. The molecule has 1 heterocycles. The molecule has 0 aromatic heterocycles. The maximum Gasteiger partial charge on any atom is 0.278 e. The molecule has 17 heavy (non-hydrogen) atoms. The van der Waals surface area contributed by atoms with Crippen molar-refractivity contribution in [2.45, 2.75) is 6.54 Å². The minimum absolute atomic E-state index is 0.0477. The lowest BCUT2D eigenvalue weighted by Crippen LogP contribution is -2.29. The normalized spacial score (nSPS) is 15.8. The van der Waals surface area contributed by atoms with Crippen molar-refractivity contribution in [1.29, 1.82) is 0 Å². The zero-order valence-corrected chi connectivity index (χ0v) is 9.99. The molecule has 1 aromatic rings. The van der Waals surface area contributed by atoms with Crippen molar-refractivity contribution in [1.82, 2.24) is 10.2 Å². The third-order valence-corrected chi connectivity index (χ3v) is 2.89. The van der Waals surface area contributed by atoms with Gasteiger partial charge in [0.15, 0.2) is 0 Å². The quantitative estimate of drug-likeness (QED) is 0.821. The van der Waals surface area contributed by atoms with Crippen molar-refractivity contribution in [3.05, 3.63) is 46.6 Å². The summed E-state index contributed by atoms with van der Waals surface area (Å²) in [5, 5.41) is 2.85. The predicted octanol–water partition coefficient (Wildman–Crippen LogP) is 1.23. The maximum atomic E-state index is 11.6. The van der Waals surface area contributed by atoms with Gasteiger partial charge in [-0.15, -0.1) is 0 Å². The van der Waals surface area contributed by atoms with E-state index in [9.17, 15) is 9.59 Å². The monoisotopic (exact) mass is 250 g/mol. The van der Waals surface area contributed by atoms with Crippen LogP contribution in [0.25, 0.3) is 0 Å². The Morgan fingerprint density at radius 2 is 1.82 bits per heavy atom. The largest absolute Gasteiger partial charge is 0.375 e. The summed E-state index contributed by atoms with van der Waals surface area (Å²) in [6.45, 7) is 0.458. The molecule has 1 aromatic carbocycles. The van der Waals surface area contributed by atoms with Crippen LogP contribution in [0.4, 0.5) is 0 Å². The van der Waals surface area contributed by atoms with E-state index in [4.69, 9.17) is 11.6 Å². The summed E-state index contributed by atoms with van der Waals surface area (Å²) in [5.41, 5.74) is 1.18. The lowest BCUT2D eigenvalue weighted by molar-refractivity contribution is -0.135. The molecule has 1 aliphatic heterocycles. The molecule has 1 aliphatic rings. The molecule has 0 bridgehead atoms. The number of likely N-dealkylation sites (N-methyl/N-ethyl adjacent to an activating group) is 1. The number of amides is 2. The Hall–Kier alpha value is -1.81. The van der Waals surface area contributed by atoms with Crippen LogP contribution in [0.3, 0.4) is 0 Å². The van der Waals surface area contributed by atoms with Crippen LogP contribution in [-0.2, 0) is 16.1 Å². The summed E-state index contributed by atoms with van der Waals surface area (Å²) in [4.78, 5) is 24.1. The van der Waals surface area contributed by atoms with E-state index in [-0.39, 0.29) is 10.7 Å². The molecular weight excluding hydrogens is 240 g/mol. The number of benzene rings is 1. The minimum atomic E-state index is -0.466. The SMILES string of the molecule is CN1C(=O)C(Cl)=C(NCc2ccccc2)C1=O. The molecule has 5 heteroatoms. The van der Waals surface area contributed by atoms with Gasteiger partial charge in [-0.25, -0.2) is 0 Å². The first-order valence-electron chi connectivity index (χ1n) is 5.11. The average Bonchev–Trinajstić information content (AvgIpc) is 2.54. The summed E-state index contributed by atoms with van der Waals surface area (Å²) in [5.74, 6) is -0.858. The molecule has 0 radical (unpaired) electrons. The van der Waals surface area contributed by atoms with Gasteiger partial charge in [-0.2, -0.15) is 0 Å². The van der Waals surface area contributed by atoms with Crippen LogP contribution in [0.15, 0.2) is 41.1 Å². The Morgan fingerprint density at radius 1 is 1.18 bits per heavy atom. The zero-order valence-electron chi connectivity index (χ0n) is 9.24. The van der Waals surface area contributed by atoms with E-state index < -0.39 is 11.8 Å². The molecule has 0 saturated carbocycles. The number of carbonyl (C=O) groups excluding carboxylic acids is 2. The van der Waals surface area contributed by atoms with Crippen LogP contribution >= 0.6 is 11.6 Å². The Balaban J connectivity index is 2.10. The summed E-state index contributed by atoms with van der Waals surface area (Å²) in [6, 6.07) is 9.56. The molecule has 0 atom stereocenters. The molecule has 2 rings (SSSR count). The summed E-state index contributed by atoms with van der Waals surface area (Å²) < 4.78 is 0. The second kappa shape index (κ2) is 4.59. The molecule has 0 spiro atoms. The lowest BCUT2D eigenvalue weighted by atomic mass is 10.2. The van der Waals surface area contributed by atoms with Crippen molar-refractivity contribution >= 4 is 23.4 Å². The molecule has 1 N–H and O–H groups in total. The smallest absolute Gasteiger partial charge is 0.278 e. The Kier molecular flexibility index (Phi) is 3.15. The average molecular weight is 251 g/mol. The van der Waals surface area contributed by atoms with Gasteiger partial charge in [-0.3, -0.25) is 14.5 Å². The van der Waals surface area contributed by atoms with Gasteiger partial charge in [0, 0.05) is 13.6 Å². The van der Waals surface area contributed by atoms with Crippen LogP contribution in [0.2, 0.25) is 0 Å². The first-order valence-corrected chi connectivity index (χ1v) is 5.49. The summed E-state index contributed by atoms with van der Waals surface area (Å²) in [6.07, 6.45) is 0. The van der Waals surface area contributed by atoms with Gasteiger partial charge in [0.1, 0.15) is 10.7 Å². The van der Waals surface area contributed by atoms with Gasteiger partial charge in [0.05, 0.1) is 0 Å². The highest BCUT2D eigenvalue weighted by Crippen LogP contribution is 2.20. The maximum absolute atomic E-state index is 11.6. The van der Waals surface area contributed by atoms with Crippen molar-refractivity contribution in [3.8, 4) is 0 Å². The van der Waals surface area contributed by atoms with E-state index in [1.165, 1.54) is 7.05 Å². The molecular formula is C12H11ClN2O2. The first kappa shape index (κ1) is 11.7. The topological polar surface area (TPSA) is 49.4 Å². The molecule has 0 saturated heterocycles. The van der Waals surface area contributed by atoms with Crippen LogP contribution in [0.5, 0.6) is 0 Å². The Bertz CT molecular complexity index is 496. The number of nitrogens with zero attached hydrogens (tertiary/aromatic N) is 1. The van der Waals surface area contributed by atoms with Gasteiger partial charge in [0.25, 0.3) is 11.8 Å². The fourth-order valence-corrected chi connectivity index (χ4v) is 1.82. The molecule has 0 fully saturated rings. The van der Waals surface area contributed by atoms with Gasteiger partial charge in [-0.05, 0) is 5.56 Å². The highest BCUT2D eigenvalue weighted by Gasteiger charge is 2.34. The highest BCUT2D eigenvalue weighted by atomic mass is 35.5. The van der Waals surface area contributed by atoms with E-state index in [1.807, 2.05) is 30.3 Å². The van der Waals surface area contributed by atoms with Gasteiger partial charge in [-0.1, -0.05) is 41.9 Å². The van der Waals surface area contributed by atoms with Crippen LogP contribution in [0, 0.1) is 0 Å². The number of carbonyl (C=O) groups is 2. The number of rotatable bonds is 3. The molecule has 88 valence electrons. The van der Waals surface area contributed by atoms with E-state index in [0.29, 0.717) is 6.54 Å². The second-order valence-corrected chi connectivity index (χ2v) is 4.08. The molecule has 0 unspecified atom stereocenters. The fourth-order valence-electron chi connectivity index (χ4n) is 1.55. The van der Waals surface area contributed by atoms with Crippen molar-refractivity contribution in [2.75, 3.05) is 7.05 Å². The second-order valence-electron chi connectivity index (χ2n) is 3.70. The number of nitrogens with one attached hydrogen (secondary N) is 1. The van der Waals surface area contributed by atoms with Crippen LogP contribution in [0.1, 0.15) is 5.56 Å². The Labute approximate surface area is 104 Å². The van der Waals surface area contributed by atoms with Gasteiger partial charge < -0.3 is 5.32 Å². The molecule has 2 amide bonds. The lowest BCUT2D eigenvalue weighted by Gasteiger charge is -2.08. The van der Waals surface area contributed by atoms with Crippen LogP contribution in [-0.4, -0.2) is 23.8 Å². The first-order chi connectivity index (χ1) is 8.11. The van der Waals surface area contributed by atoms with Crippen molar-refractivity contribution < 1.29 is 9.59 Å². The summed E-state index contributed by atoms with van der Waals surface area (Å²) >= 11 is 5.79. The van der Waals surface area contributed by atoms with Crippen molar-refractivity contribution in [3.63, 3.8) is 0 Å². The molecule has 0 aliphatic carbocycles. The third kappa shape index (κ3) is 2.17. The number of hydrogen-bond acceptors (Lipinski definition) is 3. The van der Waals surface area contributed by atoms with Crippen molar-refractivity contribution in [2.24, 2.45) is 0 Å². The van der Waals surface area contributed by atoms with Crippen LogP contribution < -0.4 is 5.32 Å². The highest BCUT2D eigenvalue weighted by molar-refractivity contribution is 6.47. The third-order valence-electron chi connectivity index (χ3n) is 2.54. The van der Waals surface area contributed by atoms with Gasteiger partial charge in [0.2, 0.25) is 0 Å². The summed E-state index contributed by atoms with van der Waals surface area (Å²) in [7, 11) is 1.41. The number of hydrogen-bond donors (Lipinski definition) is 1. The van der Waals surface area contributed by atoms with E-state index >= 15 is 0 Å². The standard InChI is InChI=1S/C12H11ClN2O2/c1-15-11(16)9(13)10(12(15)17)14-7-8-5-3-2-4-6-8/h2-6,14H,7H2,1H3. The predicted molar refractivity (Wildman–Crippen MR) is 63.9 cm³/mol. The Morgan fingerprint density at radius 3 is 2.35 bits per heavy atom. The number of halogens is 1.